The quantitative estimate of drug-likeness (QED) is 0.517. The minimum absolute atomic E-state index is 0.00520. The van der Waals surface area contributed by atoms with E-state index < -0.39 is 0 Å². The molecule has 0 spiro atoms. The number of nitrogens with zero attached hydrogens (tertiary/aromatic N) is 1. The Bertz CT molecular complexity index is 310. The minimum atomic E-state index is -0.141. The summed E-state index contributed by atoms with van der Waals surface area (Å²) in [7, 11) is 1.64. The number of methoxy groups -OCH3 is 1. The van der Waals surface area contributed by atoms with Crippen LogP contribution >= 0.6 is 0 Å². The molecule has 6 heteroatoms. The second-order valence-corrected chi connectivity index (χ2v) is 5.02. The van der Waals surface area contributed by atoms with Gasteiger partial charge in [0.15, 0.2) is 0 Å². The summed E-state index contributed by atoms with van der Waals surface area (Å²) in [6.45, 7) is 5.33. The number of likely N-dealkylation sites (tertiary alicyclic amines) is 1. The number of hydrogen-bond acceptors (Lipinski definition) is 5. The maximum absolute atomic E-state index is 11.8. The molecule has 0 saturated carbocycles. The average Bonchev–Trinajstić information content (AvgIpc) is 2.44. The summed E-state index contributed by atoms with van der Waals surface area (Å²) in [4.78, 5) is 25.5. The summed E-state index contributed by atoms with van der Waals surface area (Å²) in [6, 6.07) is 0. The van der Waals surface area contributed by atoms with Gasteiger partial charge >= 0.3 is 5.97 Å². The molecule has 0 aliphatic carbocycles. The number of hydrogen-bond donors (Lipinski definition) is 1. The maximum Gasteiger partial charge on any atom is 0.310 e. The fourth-order valence-electron chi connectivity index (χ4n) is 2.35. The standard InChI is InChI=1S/C14H26N2O4/c1-3-20-14(18)12-6-4-8-16(10-12)11-13(17)15-7-5-9-19-2/h12H,3-11H2,1-2H3,(H,15,17)/t12-/m0/s1. The lowest BCUT2D eigenvalue weighted by Crippen LogP contribution is -2.44. The molecular weight excluding hydrogens is 260 g/mol. The fourth-order valence-corrected chi connectivity index (χ4v) is 2.35. The van der Waals surface area contributed by atoms with Crippen molar-refractivity contribution in [1.82, 2.24) is 10.2 Å². The third-order valence-corrected chi connectivity index (χ3v) is 3.34. The molecule has 1 atom stereocenters. The number of esters is 1. The van der Waals surface area contributed by atoms with Crippen LogP contribution in [0.25, 0.3) is 0 Å². The zero-order chi connectivity index (χ0) is 14.8. The first-order chi connectivity index (χ1) is 9.67. The molecule has 0 unspecified atom stereocenters. The predicted octanol–water partition coefficient (Wildman–Crippen LogP) is 0.414. The number of piperidine rings is 1. The number of ether oxygens (including phenoxy) is 2. The number of amides is 1. The molecule has 1 fully saturated rings. The first-order valence-corrected chi connectivity index (χ1v) is 7.32. The van der Waals surface area contributed by atoms with Crippen LogP contribution < -0.4 is 5.32 Å². The highest BCUT2D eigenvalue weighted by Crippen LogP contribution is 2.17. The van der Waals surface area contributed by atoms with Gasteiger partial charge in [-0.25, -0.2) is 0 Å². The van der Waals surface area contributed by atoms with Crippen molar-refractivity contribution in [2.75, 3.05) is 46.5 Å². The Morgan fingerprint density at radius 2 is 2.20 bits per heavy atom. The van der Waals surface area contributed by atoms with E-state index in [4.69, 9.17) is 9.47 Å². The Kier molecular flexibility index (Phi) is 8.22. The SMILES string of the molecule is CCOC(=O)[C@H]1CCCN(CC(=O)NCCCOC)C1. The lowest BCUT2D eigenvalue weighted by molar-refractivity contribution is -0.150. The molecule has 0 aromatic heterocycles. The summed E-state index contributed by atoms with van der Waals surface area (Å²) in [6.07, 6.45) is 2.60. The fraction of sp³-hybridized carbons (Fsp3) is 0.857. The normalized spacial score (nSPS) is 19.6. The minimum Gasteiger partial charge on any atom is -0.466 e. The van der Waals surface area contributed by atoms with E-state index in [0.717, 1.165) is 25.8 Å². The van der Waals surface area contributed by atoms with Crippen LogP contribution in [0, 0.1) is 5.92 Å². The number of nitrogens with one attached hydrogen (secondary N) is 1. The van der Waals surface area contributed by atoms with Crippen LogP contribution in [0.3, 0.4) is 0 Å². The maximum atomic E-state index is 11.8. The van der Waals surface area contributed by atoms with E-state index >= 15 is 0 Å². The van der Waals surface area contributed by atoms with Crippen molar-refractivity contribution in [2.24, 2.45) is 5.92 Å². The van der Waals surface area contributed by atoms with Gasteiger partial charge in [-0.15, -0.1) is 0 Å². The highest BCUT2D eigenvalue weighted by Gasteiger charge is 2.27. The molecule has 116 valence electrons. The van der Waals surface area contributed by atoms with Crippen LogP contribution in [-0.2, 0) is 19.1 Å². The molecule has 1 rings (SSSR count). The average molecular weight is 286 g/mol. The molecule has 1 saturated heterocycles. The molecule has 0 aromatic rings. The van der Waals surface area contributed by atoms with Gasteiger partial charge in [-0.1, -0.05) is 0 Å². The van der Waals surface area contributed by atoms with Crippen LogP contribution in [0.5, 0.6) is 0 Å². The molecule has 0 radical (unpaired) electrons. The summed E-state index contributed by atoms with van der Waals surface area (Å²) in [5.74, 6) is -0.228. The lowest BCUT2D eigenvalue weighted by atomic mass is 9.98. The van der Waals surface area contributed by atoms with Crippen molar-refractivity contribution in [3.63, 3.8) is 0 Å². The second-order valence-electron chi connectivity index (χ2n) is 5.02. The van der Waals surface area contributed by atoms with Gasteiger partial charge in [0.25, 0.3) is 0 Å². The Balaban J connectivity index is 2.25. The highest BCUT2D eigenvalue weighted by molar-refractivity contribution is 5.78. The first kappa shape index (κ1) is 16.9. The Hall–Kier alpha value is -1.14. The molecule has 0 aromatic carbocycles. The lowest BCUT2D eigenvalue weighted by Gasteiger charge is -2.30. The van der Waals surface area contributed by atoms with Crippen molar-refractivity contribution in [1.29, 1.82) is 0 Å². The molecule has 1 heterocycles. The van der Waals surface area contributed by atoms with Gasteiger partial charge in [0.1, 0.15) is 0 Å². The van der Waals surface area contributed by atoms with Crippen molar-refractivity contribution in [3.05, 3.63) is 0 Å². The van der Waals surface area contributed by atoms with Crippen LogP contribution in [0.2, 0.25) is 0 Å². The summed E-state index contributed by atoms with van der Waals surface area (Å²) in [5.41, 5.74) is 0. The Morgan fingerprint density at radius 3 is 2.90 bits per heavy atom. The van der Waals surface area contributed by atoms with Crippen LogP contribution in [-0.4, -0.2) is 63.3 Å². The summed E-state index contributed by atoms with van der Waals surface area (Å²) >= 11 is 0. The zero-order valence-corrected chi connectivity index (χ0v) is 12.5. The van der Waals surface area contributed by atoms with Gasteiger partial charge in [0.2, 0.25) is 5.91 Å². The summed E-state index contributed by atoms with van der Waals surface area (Å²) in [5, 5.41) is 2.86. The van der Waals surface area contributed by atoms with Gasteiger partial charge < -0.3 is 14.8 Å². The number of rotatable bonds is 8. The van der Waals surface area contributed by atoms with E-state index in [0.29, 0.717) is 32.8 Å². The molecular formula is C14H26N2O4. The number of carbonyl (C=O) groups excluding carboxylic acids is 2. The van der Waals surface area contributed by atoms with Gasteiger partial charge in [-0.05, 0) is 32.7 Å². The van der Waals surface area contributed by atoms with Crippen LogP contribution in [0.4, 0.5) is 0 Å². The van der Waals surface area contributed by atoms with Gasteiger partial charge in [-0.2, -0.15) is 0 Å². The third kappa shape index (κ3) is 6.34. The van der Waals surface area contributed by atoms with E-state index in [9.17, 15) is 9.59 Å². The molecule has 6 nitrogen and oxygen atoms in total. The highest BCUT2D eigenvalue weighted by atomic mass is 16.5. The molecule has 1 amide bonds. The second kappa shape index (κ2) is 9.72. The topological polar surface area (TPSA) is 67.9 Å². The van der Waals surface area contributed by atoms with Crippen molar-refractivity contribution in [3.8, 4) is 0 Å². The molecule has 1 aliphatic heterocycles. The largest absolute Gasteiger partial charge is 0.466 e. The number of carbonyl (C=O) groups is 2. The summed E-state index contributed by atoms with van der Waals surface area (Å²) < 4.78 is 9.97. The van der Waals surface area contributed by atoms with Crippen molar-refractivity contribution < 1.29 is 19.1 Å². The first-order valence-electron chi connectivity index (χ1n) is 7.32. The van der Waals surface area contributed by atoms with Crippen molar-refractivity contribution in [2.45, 2.75) is 26.2 Å². The van der Waals surface area contributed by atoms with Gasteiger partial charge in [0.05, 0.1) is 19.1 Å². The van der Waals surface area contributed by atoms with Crippen molar-refractivity contribution >= 4 is 11.9 Å². The smallest absolute Gasteiger partial charge is 0.310 e. The van der Waals surface area contributed by atoms with E-state index in [1.54, 1.807) is 7.11 Å². The van der Waals surface area contributed by atoms with Gasteiger partial charge in [0, 0.05) is 26.8 Å². The van der Waals surface area contributed by atoms with Crippen LogP contribution in [0.15, 0.2) is 0 Å². The monoisotopic (exact) mass is 286 g/mol. The zero-order valence-electron chi connectivity index (χ0n) is 12.5. The van der Waals surface area contributed by atoms with E-state index in [1.807, 2.05) is 11.8 Å². The van der Waals surface area contributed by atoms with E-state index in [-0.39, 0.29) is 17.8 Å². The predicted molar refractivity (Wildman–Crippen MR) is 75.3 cm³/mol. The molecule has 20 heavy (non-hydrogen) atoms. The van der Waals surface area contributed by atoms with Gasteiger partial charge in [-0.3, -0.25) is 14.5 Å². The Labute approximate surface area is 120 Å². The molecule has 1 aliphatic rings. The van der Waals surface area contributed by atoms with E-state index in [1.165, 1.54) is 0 Å². The molecule has 0 bridgehead atoms. The Morgan fingerprint density at radius 1 is 1.40 bits per heavy atom. The third-order valence-electron chi connectivity index (χ3n) is 3.34. The van der Waals surface area contributed by atoms with E-state index in [2.05, 4.69) is 5.32 Å². The van der Waals surface area contributed by atoms with Crippen LogP contribution in [0.1, 0.15) is 26.2 Å². The molecule has 1 N–H and O–H groups in total.